The fraction of sp³-hybridized carbons (Fsp3) is 0.250. The Morgan fingerprint density at radius 2 is 1.74 bits per heavy atom. The second-order valence-corrected chi connectivity index (χ2v) is 4.59. The molecule has 0 aliphatic carbocycles. The maximum atomic E-state index is 5.92. The third kappa shape index (κ3) is 3.19. The molecule has 0 saturated heterocycles. The SMILES string of the molecule is CCOc1cc(N)cc(N(C)c2ccc(C)cc2)c1. The van der Waals surface area contributed by atoms with Crippen LogP contribution in [-0.4, -0.2) is 13.7 Å². The number of hydrogen-bond acceptors (Lipinski definition) is 3. The number of benzene rings is 2. The van der Waals surface area contributed by atoms with Crippen molar-refractivity contribution in [3.05, 3.63) is 48.0 Å². The minimum absolute atomic E-state index is 0.636. The van der Waals surface area contributed by atoms with Gasteiger partial charge in [0.05, 0.1) is 6.61 Å². The molecule has 0 aromatic heterocycles. The smallest absolute Gasteiger partial charge is 0.123 e. The molecule has 0 unspecified atom stereocenters. The van der Waals surface area contributed by atoms with Gasteiger partial charge >= 0.3 is 0 Å². The van der Waals surface area contributed by atoms with Crippen molar-refractivity contribution < 1.29 is 4.74 Å². The molecule has 0 radical (unpaired) electrons. The second kappa shape index (κ2) is 5.65. The zero-order valence-corrected chi connectivity index (χ0v) is 11.7. The third-order valence-electron chi connectivity index (χ3n) is 3.03. The fourth-order valence-corrected chi connectivity index (χ4v) is 1.97. The lowest BCUT2D eigenvalue weighted by atomic mass is 10.2. The number of nitrogens with two attached hydrogens (primary N) is 1. The topological polar surface area (TPSA) is 38.5 Å². The zero-order valence-electron chi connectivity index (χ0n) is 11.7. The first-order valence-corrected chi connectivity index (χ1v) is 6.44. The molecule has 2 rings (SSSR count). The van der Waals surface area contributed by atoms with Crippen LogP contribution in [0.5, 0.6) is 5.75 Å². The quantitative estimate of drug-likeness (QED) is 0.847. The highest BCUT2D eigenvalue weighted by Gasteiger charge is 2.06. The summed E-state index contributed by atoms with van der Waals surface area (Å²) in [6, 6.07) is 14.2. The van der Waals surface area contributed by atoms with Gasteiger partial charge < -0.3 is 15.4 Å². The minimum Gasteiger partial charge on any atom is -0.494 e. The number of anilines is 3. The van der Waals surface area contributed by atoms with E-state index in [1.165, 1.54) is 5.56 Å². The maximum absolute atomic E-state index is 5.92. The number of ether oxygens (including phenoxy) is 1. The number of rotatable bonds is 4. The number of nitrogen functional groups attached to an aromatic ring is 1. The molecule has 0 bridgehead atoms. The van der Waals surface area contributed by atoms with E-state index in [0.29, 0.717) is 12.3 Å². The Bertz CT molecular complexity index is 549. The average Bonchev–Trinajstić information content (AvgIpc) is 2.38. The van der Waals surface area contributed by atoms with Crippen molar-refractivity contribution in [2.45, 2.75) is 13.8 Å². The van der Waals surface area contributed by atoms with Gasteiger partial charge in [-0.2, -0.15) is 0 Å². The molecule has 0 aliphatic heterocycles. The third-order valence-corrected chi connectivity index (χ3v) is 3.03. The van der Waals surface area contributed by atoms with Crippen LogP contribution in [0.4, 0.5) is 17.1 Å². The summed E-state index contributed by atoms with van der Waals surface area (Å²) in [6.07, 6.45) is 0. The first kappa shape index (κ1) is 13.3. The normalized spacial score (nSPS) is 10.3. The molecule has 19 heavy (non-hydrogen) atoms. The summed E-state index contributed by atoms with van der Waals surface area (Å²) in [4.78, 5) is 2.10. The van der Waals surface area contributed by atoms with Crippen molar-refractivity contribution in [1.82, 2.24) is 0 Å². The Morgan fingerprint density at radius 3 is 2.37 bits per heavy atom. The highest BCUT2D eigenvalue weighted by atomic mass is 16.5. The molecule has 2 N–H and O–H groups in total. The lowest BCUT2D eigenvalue weighted by molar-refractivity contribution is 0.340. The standard InChI is InChI=1S/C16H20N2O/c1-4-19-16-10-13(17)9-15(11-16)18(3)14-7-5-12(2)6-8-14/h5-11H,4,17H2,1-3H3. The molecule has 0 atom stereocenters. The van der Waals surface area contributed by atoms with Gasteiger partial charge in [0.1, 0.15) is 5.75 Å². The van der Waals surface area contributed by atoms with Crippen molar-refractivity contribution in [2.24, 2.45) is 0 Å². The molecule has 3 nitrogen and oxygen atoms in total. The number of aryl methyl sites for hydroxylation is 1. The minimum atomic E-state index is 0.636. The molecule has 100 valence electrons. The lowest BCUT2D eigenvalue weighted by Crippen LogP contribution is -2.10. The molecule has 0 fully saturated rings. The first-order chi connectivity index (χ1) is 9.10. The first-order valence-electron chi connectivity index (χ1n) is 6.44. The van der Waals surface area contributed by atoms with Crippen LogP contribution in [0.1, 0.15) is 12.5 Å². The maximum Gasteiger partial charge on any atom is 0.123 e. The van der Waals surface area contributed by atoms with Crippen LogP contribution in [0.15, 0.2) is 42.5 Å². The summed E-state index contributed by atoms with van der Waals surface area (Å²) in [6.45, 7) is 4.68. The van der Waals surface area contributed by atoms with E-state index in [1.54, 1.807) is 0 Å². The van der Waals surface area contributed by atoms with Crippen molar-refractivity contribution in [1.29, 1.82) is 0 Å². The van der Waals surface area contributed by atoms with E-state index >= 15 is 0 Å². The summed E-state index contributed by atoms with van der Waals surface area (Å²) >= 11 is 0. The van der Waals surface area contributed by atoms with Gasteiger partial charge in [0.2, 0.25) is 0 Å². The van der Waals surface area contributed by atoms with Gasteiger partial charge in [0.25, 0.3) is 0 Å². The Kier molecular flexibility index (Phi) is 3.95. The summed E-state index contributed by atoms with van der Waals surface area (Å²) < 4.78 is 5.53. The molecule has 0 spiro atoms. The predicted molar refractivity (Wildman–Crippen MR) is 81.3 cm³/mol. The molecule has 0 amide bonds. The van der Waals surface area contributed by atoms with E-state index in [9.17, 15) is 0 Å². The largest absolute Gasteiger partial charge is 0.494 e. The van der Waals surface area contributed by atoms with Crippen molar-refractivity contribution in [2.75, 3.05) is 24.3 Å². The van der Waals surface area contributed by atoms with Gasteiger partial charge in [-0.1, -0.05) is 17.7 Å². The lowest BCUT2D eigenvalue weighted by Gasteiger charge is -2.21. The summed E-state index contributed by atoms with van der Waals surface area (Å²) in [7, 11) is 2.02. The molecular weight excluding hydrogens is 236 g/mol. The van der Waals surface area contributed by atoms with Gasteiger partial charge in [-0.3, -0.25) is 0 Å². The molecule has 0 heterocycles. The highest BCUT2D eigenvalue weighted by Crippen LogP contribution is 2.29. The number of nitrogens with zero attached hydrogens (tertiary/aromatic N) is 1. The van der Waals surface area contributed by atoms with Crippen LogP contribution < -0.4 is 15.4 Å². The van der Waals surface area contributed by atoms with Crippen LogP contribution in [0.3, 0.4) is 0 Å². The van der Waals surface area contributed by atoms with Gasteiger partial charge in [0.15, 0.2) is 0 Å². The van der Waals surface area contributed by atoms with E-state index in [1.807, 2.05) is 32.2 Å². The van der Waals surface area contributed by atoms with Crippen molar-refractivity contribution in [3.8, 4) is 5.75 Å². The van der Waals surface area contributed by atoms with E-state index < -0.39 is 0 Å². The van der Waals surface area contributed by atoms with Crippen LogP contribution in [0.25, 0.3) is 0 Å². The van der Waals surface area contributed by atoms with Crippen LogP contribution in [0.2, 0.25) is 0 Å². The second-order valence-electron chi connectivity index (χ2n) is 4.59. The molecule has 2 aromatic carbocycles. The summed E-state index contributed by atoms with van der Waals surface area (Å²) in [5.74, 6) is 0.802. The Balaban J connectivity index is 2.32. The zero-order chi connectivity index (χ0) is 13.8. The Labute approximate surface area is 114 Å². The fourth-order valence-electron chi connectivity index (χ4n) is 1.97. The summed E-state index contributed by atoms with van der Waals surface area (Å²) in [5, 5.41) is 0. The summed E-state index contributed by atoms with van der Waals surface area (Å²) in [5.41, 5.74) is 10.0. The monoisotopic (exact) mass is 256 g/mol. The molecule has 3 heteroatoms. The van der Waals surface area contributed by atoms with Crippen LogP contribution >= 0.6 is 0 Å². The predicted octanol–water partition coefficient (Wildman–Crippen LogP) is 3.74. The van der Waals surface area contributed by atoms with E-state index in [0.717, 1.165) is 17.1 Å². The van der Waals surface area contributed by atoms with Crippen LogP contribution in [-0.2, 0) is 0 Å². The molecule has 0 aliphatic rings. The van der Waals surface area contributed by atoms with E-state index in [-0.39, 0.29) is 0 Å². The average molecular weight is 256 g/mol. The van der Waals surface area contributed by atoms with Crippen molar-refractivity contribution in [3.63, 3.8) is 0 Å². The Morgan fingerprint density at radius 1 is 1.05 bits per heavy atom. The van der Waals surface area contributed by atoms with Gasteiger partial charge in [-0.15, -0.1) is 0 Å². The van der Waals surface area contributed by atoms with Crippen molar-refractivity contribution >= 4 is 17.1 Å². The van der Waals surface area contributed by atoms with E-state index in [2.05, 4.69) is 36.1 Å². The molecular formula is C16H20N2O. The molecule has 0 saturated carbocycles. The van der Waals surface area contributed by atoms with Crippen LogP contribution in [0, 0.1) is 6.92 Å². The van der Waals surface area contributed by atoms with Gasteiger partial charge in [0, 0.05) is 36.2 Å². The van der Waals surface area contributed by atoms with Gasteiger partial charge in [-0.05, 0) is 32.0 Å². The highest BCUT2D eigenvalue weighted by molar-refractivity contribution is 5.68. The van der Waals surface area contributed by atoms with E-state index in [4.69, 9.17) is 10.5 Å². The molecule has 2 aromatic rings. The number of hydrogen-bond donors (Lipinski definition) is 1. The Hall–Kier alpha value is -2.16. The van der Waals surface area contributed by atoms with Gasteiger partial charge in [-0.25, -0.2) is 0 Å².